The van der Waals surface area contributed by atoms with E-state index in [0.717, 1.165) is 27.9 Å². The van der Waals surface area contributed by atoms with Crippen LogP contribution in [0.25, 0.3) is 0 Å². The predicted molar refractivity (Wildman–Crippen MR) is 150 cm³/mol. The fourth-order valence-electron chi connectivity index (χ4n) is 3.67. The Kier molecular flexibility index (Phi) is 10.4. The normalized spacial score (nSPS) is 10.9. The monoisotopic (exact) mass is 515 g/mol. The Morgan fingerprint density at radius 2 is 1.37 bits per heavy atom. The molecule has 0 fully saturated rings. The third-order valence-corrected chi connectivity index (χ3v) is 5.46. The smallest absolute Gasteiger partial charge is 0.271 e. The number of nitrogens with zero attached hydrogens (tertiary/aromatic N) is 2. The van der Waals surface area contributed by atoms with E-state index < -0.39 is 0 Å². The largest absolute Gasteiger partial charge is 0.497 e. The van der Waals surface area contributed by atoms with E-state index in [1.54, 1.807) is 62.9 Å². The van der Waals surface area contributed by atoms with Crippen LogP contribution in [0.15, 0.2) is 70.9 Å². The van der Waals surface area contributed by atoms with Crippen LogP contribution in [-0.2, 0) is 4.79 Å². The molecule has 2 amide bonds. The number of aryl methyl sites for hydroxylation is 2. The topological polar surface area (TPSA) is 113 Å². The first kappa shape index (κ1) is 27.9. The number of hydrazone groups is 2. The summed E-state index contributed by atoms with van der Waals surface area (Å²) in [6.07, 6.45) is 4.14. The molecule has 0 unspecified atom stereocenters. The van der Waals surface area contributed by atoms with E-state index >= 15 is 0 Å². The van der Waals surface area contributed by atoms with E-state index in [0.29, 0.717) is 36.4 Å². The average molecular weight is 516 g/mol. The summed E-state index contributed by atoms with van der Waals surface area (Å²) in [6, 6.07) is 18.4. The molecule has 3 N–H and O–H groups in total. The van der Waals surface area contributed by atoms with Gasteiger partial charge in [0.1, 0.15) is 11.5 Å². The number of carbonyl (C=O) groups excluding carboxylic acids is 2. The summed E-state index contributed by atoms with van der Waals surface area (Å²) in [5.41, 5.74) is 10.4. The van der Waals surface area contributed by atoms with Crippen molar-refractivity contribution in [2.24, 2.45) is 10.2 Å². The summed E-state index contributed by atoms with van der Waals surface area (Å²) >= 11 is 0. The van der Waals surface area contributed by atoms with Gasteiger partial charge in [0.15, 0.2) is 0 Å². The van der Waals surface area contributed by atoms with Crippen LogP contribution in [0.2, 0.25) is 0 Å². The number of amides is 2. The number of methoxy groups -OCH3 is 2. The Morgan fingerprint density at radius 3 is 1.97 bits per heavy atom. The van der Waals surface area contributed by atoms with Gasteiger partial charge in [-0.3, -0.25) is 9.59 Å². The van der Waals surface area contributed by atoms with Crippen molar-refractivity contribution >= 4 is 29.9 Å². The Morgan fingerprint density at radius 1 is 0.789 bits per heavy atom. The van der Waals surface area contributed by atoms with Crippen LogP contribution < -0.4 is 25.6 Å². The molecule has 3 rings (SSSR count). The Labute approximate surface area is 222 Å². The zero-order valence-corrected chi connectivity index (χ0v) is 22.1. The standard InChI is InChI=1S/C29H33N5O4/c1-20-12-21(2)14-22(13-20)18-31-33-28(35)6-5-11-30-25-9-7-24(8-10-25)29(36)34-32-19-23-15-26(37-3)17-27(16-23)38-4/h7-10,12-19,30H,5-6,11H2,1-4H3,(H,33,35)(H,34,36)/b31-18+,32-19+. The van der Waals surface area contributed by atoms with Crippen molar-refractivity contribution in [3.05, 3.63) is 88.5 Å². The molecule has 0 spiro atoms. The molecule has 0 saturated heterocycles. The molecule has 3 aromatic carbocycles. The third-order valence-electron chi connectivity index (χ3n) is 5.46. The molecule has 0 atom stereocenters. The molecular formula is C29H33N5O4. The van der Waals surface area contributed by atoms with Crippen molar-refractivity contribution in [2.75, 3.05) is 26.1 Å². The first-order chi connectivity index (χ1) is 18.4. The molecular weight excluding hydrogens is 482 g/mol. The number of nitrogens with one attached hydrogen (secondary N) is 3. The summed E-state index contributed by atoms with van der Waals surface area (Å²) < 4.78 is 10.5. The Balaban J connectivity index is 1.38. The van der Waals surface area contributed by atoms with Crippen LogP contribution in [0.3, 0.4) is 0 Å². The molecule has 0 radical (unpaired) electrons. The van der Waals surface area contributed by atoms with Gasteiger partial charge < -0.3 is 14.8 Å². The molecule has 0 saturated carbocycles. The minimum atomic E-state index is -0.333. The molecule has 0 aliphatic carbocycles. The van der Waals surface area contributed by atoms with E-state index in [9.17, 15) is 9.59 Å². The molecule has 9 nitrogen and oxygen atoms in total. The SMILES string of the molecule is COc1cc(/C=N/NC(=O)c2ccc(NCCCC(=O)N/N=C/c3cc(C)cc(C)c3)cc2)cc(OC)c1. The lowest BCUT2D eigenvalue weighted by Crippen LogP contribution is -2.18. The highest BCUT2D eigenvalue weighted by molar-refractivity contribution is 5.95. The van der Waals surface area contributed by atoms with Crippen molar-refractivity contribution in [1.82, 2.24) is 10.9 Å². The summed E-state index contributed by atoms with van der Waals surface area (Å²) in [5, 5.41) is 11.3. The second-order valence-electron chi connectivity index (χ2n) is 8.67. The van der Waals surface area contributed by atoms with Crippen molar-refractivity contribution in [2.45, 2.75) is 26.7 Å². The van der Waals surface area contributed by atoms with Crippen LogP contribution >= 0.6 is 0 Å². The van der Waals surface area contributed by atoms with Gasteiger partial charge in [0.05, 0.1) is 26.6 Å². The number of hydrogen-bond donors (Lipinski definition) is 3. The summed E-state index contributed by atoms with van der Waals surface area (Å²) in [6.45, 7) is 4.65. The van der Waals surface area contributed by atoms with Gasteiger partial charge >= 0.3 is 0 Å². The van der Waals surface area contributed by atoms with Crippen molar-refractivity contribution in [3.8, 4) is 11.5 Å². The highest BCUT2D eigenvalue weighted by Crippen LogP contribution is 2.21. The highest BCUT2D eigenvalue weighted by atomic mass is 16.5. The number of anilines is 1. The first-order valence-corrected chi connectivity index (χ1v) is 12.2. The number of ether oxygens (including phenoxy) is 2. The van der Waals surface area contributed by atoms with Crippen molar-refractivity contribution in [3.63, 3.8) is 0 Å². The van der Waals surface area contributed by atoms with Crippen LogP contribution in [0.1, 0.15) is 45.5 Å². The molecule has 0 bridgehead atoms. The second kappa shape index (κ2) is 14.2. The van der Waals surface area contributed by atoms with E-state index in [1.807, 2.05) is 26.0 Å². The number of benzene rings is 3. The molecule has 9 heteroatoms. The fourth-order valence-corrected chi connectivity index (χ4v) is 3.67. The van der Waals surface area contributed by atoms with Gasteiger partial charge in [-0.1, -0.05) is 29.3 Å². The maximum absolute atomic E-state index is 12.4. The van der Waals surface area contributed by atoms with E-state index in [4.69, 9.17) is 9.47 Å². The maximum Gasteiger partial charge on any atom is 0.271 e. The van der Waals surface area contributed by atoms with Gasteiger partial charge in [-0.25, -0.2) is 10.9 Å². The minimum absolute atomic E-state index is 0.146. The summed E-state index contributed by atoms with van der Waals surface area (Å²) in [4.78, 5) is 24.4. The second-order valence-corrected chi connectivity index (χ2v) is 8.67. The molecule has 3 aromatic rings. The average Bonchev–Trinajstić information content (AvgIpc) is 2.90. The number of rotatable bonds is 12. The van der Waals surface area contributed by atoms with Crippen LogP contribution in [0, 0.1) is 13.8 Å². The maximum atomic E-state index is 12.4. The lowest BCUT2D eigenvalue weighted by atomic mass is 10.1. The van der Waals surface area contributed by atoms with Gasteiger partial charge in [-0.15, -0.1) is 0 Å². The van der Waals surface area contributed by atoms with Crippen LogP contribution in [0.5, 0.6) is 11.5 Å². The van der Waals surface area contributed by atoms with Gasteiger partial charge in [0, 0.05) is 35.8 Å². The van der Waals surface area contributed by atoms with Crippen LogP contribution in [0.4, 0.5) is 5.69 Å². The van der Waals surface area contributed by atoms with E-state index in [2.05, 4.69) is 32.4 Å². The first-order valence-electron chi connectivity index (χ1n) is 12.2. The fraction of sp³-hybridized carbons (Fsp3) is 0.241. The van der Waals surface area contributed by atoms with Crippen molar-refractivity contribution in [1.29, 1.82) is 0 Å². The zero-order chi connectivity index (χ0) is 27.3. The molecule has 0 aliphatic heterocycles. The van der Waals surface area contributed by atoms with E-state index in [-0.39, 0.29) is 11.8 Å². The third kappa shape index (κ3) is 9.09. The van der Waals surface area contributed by atoms with Gasteiger partial charge in [-0.2, -0.15) is 10.2 Å². The number of carbonyl (C=O) groups is 2. The molecule has 0 heterocycles. The molecule has 0 aromatic heterocycles. The highest BCUT2D eigenvalue weighted by Gasteiger charge is 2.05. The Bertz CT molecular complexity index is 1260. The zero-order valence-electron chi connectivity index (χ0n) is 22.1. The van der Waals surface area contributed by atoms with Gasteiger partial charge in [0.25, 0.3) is 5.91 Å². The van der Waals surface area contributed by atoms with Crippen LogP contribution in [-0.4, -0.2) is 45.0 Å². The molecule has 198 valence electrons. The molecule has 0 aliphatic rings. The van der Waals surface area contributed by atoms with Crippen molar-refractivity contribution < 1.29 is 19.1 Å². The lowest BCUT2D eigenvalue weighted by Gasteiger charge is -2.07. The van der Waals surface area contributed by atoms with E-state index in [1.165, 1.54) is 6.21 Å². The summed E-state index contributed by atoms with van der Waals surface area (Å²) in [5.74, 6) is 0.776. The Hall–Kier alpha value is -4.66. The van der Waals surface area contributed by atoms with Gasteiger partial charge in [-0.05, 0) is 62.2 Å². The number of hydrogen-bond acceptors (Lipinski definition) is 7. The summed E-state index contributed by atoms with van der Waals surface area (Å²) in [7, 11) is 3.13. The van der Waals surface area contributed by atoms with Gasteiger partial charge in [0.2, 0.25) is 5.91 Å². The predicted octanol–water partition coefficient (Wildman–Crippen LogP) is 4.43. The minimum Gasteiger partial charge on any atom is -0.497 e. The molecule has 38 heavy (non-hydrogen) atoms. The quantitative estimate of drug-likeness (QED) is 0.188. The lowest BCUT2D eigenvalue weighted by molar-refractivity contribution is -0.121.